The molecule has 3 rings (SSSR count). The van der Waals surface area contributed by atoms with E-state index in [9.17, 15) is 0 Å². The van der Waals surface area contributed by atoms with Crippen molar-refractivity contribution in [1.82, 2.24) is 9.97 Å². The largest absolute Gasteiger partial charge is 0.226 e. The van der Waals surface area contributed by atoms with Crippen LogP contribution in [0, 0.1) is 0 Å². The molecule has 0 atom stereocenters. The lowest BCUT2D eigenvalue weighted by molar-refractivity contribution is 1.12. The highest BCUT2D eigenvalue weighted by atomic mass is 15.2. The first-order valence-corrected chi connectivity index (χ1v) is 6.96. The molecule has 0 bridgehead atoms. The molecule has 2 aromatic carbocycles. The quantitative estimate of drug-likeness (QED) is 0.348. The molecule has 0 aliphatic rings. The van der Waals surface area contributed by atoms with Crippen LogP contribution in [0.1, 0.15) is 0 Å². The molecule has 0 N–H and O–H groups in total. The van der Waals surface area contributed by atoms with Crippen LogP contribution in [0.5, 0.6) is 0 Å². The zero-order valence-corrected chi connectivity index (χ0v) is 12.4. The molecule has 0 amide bonds. The van der Waals surface area contributed by atoms with E-state index in [2.05, 4.69) is 30.0 Å². The van der Waals surface area contributed by atoms with E-state index in [1.807, 2.05) is 60.7 Å². The summed E-state index contributed by atoms with van der Waals surface area (Å²) in [6, 6.07) is 18.7. The molecule has 8 nitrogen and oxygen atoms in total. The Morgan fingerprint density at radius 2 is 1.29 bits per heavy atom. The summed E-state index contributed by atoms with van der Waals surface area (Å²) in [6.45, 7) is 0. The molecule has 0 unspecified atom stereocenters. The predicted octanol–water partition coefficient (Wildman–Crippen LogP) is 5.69. The molecule has 0 aliphatic carbocycles. The monoisotopic (exact) mass is 314 g/mol. The average molecular weight is 314 g/mol. The Hall–Kier alpha value is -3.86. The molecule has 3 aromatic rings. The van der Waals surface area contributed by atoms with Crippen LogP contribution >= 0.6 is 0 Å². The minimum Gasteiger partial charge on any atom is -0.226 e. The van der Waals surface area contributed by atoms with Crippen molar-refractivity contribution in [3.63, 3.8) is 0 Å². The third-order valence-electron chi connectivity index (χ3n) is 3.26. The lowest BCUT2D eigenvalue weighted by atomic mass is 10.00. The predicted molar refractivity (Wildman–Crippen MR) is 90.5 cm³/mol. The Kier molecular flexibility index (Phi) is 4.35. The van der Waals surface area contributed by atoms with Gasteiger partial charge in [0.15, 0.2) is 0 Å². The van der Waals surface area contributed by atoms with Gasteiger partial charge in [0.25, 0.3) is 0 Å². The van der Waals surface area contributed by atoms with Gasteiger partial charge in [0.2, 0.25) is 5.95 Å². The maximum absolute atomic E-state index is 8.87. The van der Waals surface area contributed by atoms with Gasteiger partial charge in [0.1, 0.15) is 5.82 Å². The lowest BCUT2D eigenvalue weighted by Crippen LogP contribution is -1.93. The smallest absolute Gasteiger partial charge is 0.217 e. The van der Waals surface area contributed by atoms with E-state index in [-0.39, 0.29) is 11.8 Å². The van der Waals surface area contributed by atoms with Crippen molar-refractivity contribution in [3.8, 4) is 22.4 Å². The third-order valence-corrected chi connectivity index (χ3v) is 3.26. The van der Waals surface area contributed by atoms with E-state index < -0.39 is 0 Å². The number of hydrogen-bond donors (Lipinski definition) is 0. The van der Waals surface area contributed by atoms with E-state index in [1.54, 1.807) is 0 Å². The number of rotatable bonds is 4. The molecule has 0 fully saturated rings. The van der Waals surface area contributed by atoms with Gasteiger partial charge in [-0.15, -0.1) is 0 Å². The summed E-state index contributed by atoms with van der Waals surface area (Å²) in [6.07, 6.45) is 0. The van der Waals surface area contributed by atoms with Crippen molar-refractivity contribution in [1.29, 1.82) is 0 Å². The first-order valence-electron chi connectivity index (χ1n) is 6.96. The van der Waals surface area contributed by atoms with Crippen LogP contribution in [0.2, 0.25) is 0 Å². The highest BCUT2D eigenvalue weighted by molar-refractivity contribution is 5.87. The van der Waals surface area contributed by atoms with Crippen LogP contribution in [0.3, 0.4) is 0 Å². The first kappa shape index (κ1) is 15.1. The summed E-state index contributed by atoms with van der Waals surface area (Å²) in [7, 11) is 0. The topological polar surface area (TPSA) is 123 Å². The van der Waals surface area contributed by atoms with Gasteiger partial charge in [0, 0.05) is 21.0 Å². The minimum absolute atomic E-state index is 0.0987. The third kappa shape index (κ3) is 3.00. The molecule has 0 radical (unpaired) electrons. The van der Waals surface area contributed by atoms with Gasteiger partial charge in [0.05, 0.1) is 5.69 Å². The molecule has 8 heteroatoms. The fourth-order valence-electron chi connectivity index (χ4n) is 2.31. The Balaban J connectivity index is 2.39. The van der Waals surface area contributed by atoms with Gasteiger partial charge >= 0.3 is 0 Å². The van der Waals surface area contributed by atoms with E-state index in [4.69, 9.17) is 11.1 Å². The second-order valence-corrected chi connectivity index (χ2v) is 4.68. The molecular weight excluding hydrogens is 304 g/mol. The van der Waals surface area contributed by atoms with Crippen LogP contribution in [0.15, 0.2) is 70.9 Å². The second kappa shape index (κ2) is 6.93. The summed E-state index contributed by atoms with van der Waals surface area (Å²) in [5.74, 6) is 0.0124. The summed E-state index contributed by atoms with van der Waals surface area (Å²) in [5, 5.41) is 7.10. The fraction of sp³-hybridized carbons (Fsp3) is 0. The highest BCUT2D eigenvalue weighted by Crippen LogP contribution is 2.38. The Morgan fingerprint density at radius 1 is 0.708 bits per heavy atom. The van der Waals surface area contributed by atoms with E-state index in [0.29, 0.717) is 11.3 Å². The Bertz CT molecular complexity index is 956. The van der Waals surface area contributed by atoms with Gasteiger partial charge < -0.3 is 0 Å². The normalized spacial score (nSPS) is 9.67. The van der Waals surface area contributed by atoms with Crippen molar-refractivity contribution < 1.29 is 0 Å². The highest BCUT2D eigenvalue weighted by Gasteiger charge is 2.16. The number of azide groups is 2. The van der Waals surface area contributed by atoms with E-state index >= 15 is 0 Å². The molecule has 0 saturated carbocycles. The van der Waals surface area contributed by atoms with Crippen molar-refractivity contribution in [2.45, 2.75) is 0 Å². The van der Waals surface area contributed by atoms with Crippen molar-refractivity contribution >= 4 is 11.8 Å². The van der Waals surface area contributed by atoms with Crippen LogP contribution in [0.4, 0.5) is 11.8 Å². The zero-order valence-electron chi connectivity index (χ0n) is 12.4. The summed E-state index contributed by atoms with van der Waals surface area (Å²) >= 11 is 0. The molecule has 24 heavy (non-hydrogen) atoms. The van der Waals surface area contributed by atoms with Crippen LogP contribution in [0.25, 0.3) is 43.3 Å². The standard InChI is InChI=1S/C16H10N8/c17-23-21-15-13(11-7-3-1-4-8-11)14(12-9-5-2-6-10-12)19-16(20-15)22-24-18/h1-10H. The Labute approximate surface area is 136 Å². The molecule has 114 valence electrons. The van der Waals surface area contributed by atoms with Crippen molar-refractivity contribution in [2.75, 3.05) is 0 Å². The van der Waals surface area contributed by atoms with Gasteiger partial charge in [-0.1, -0.05) is 60.7 Å². The number of nitrogens with zero attached hydrogens (tertiary/aromatic N) is 8. The number of benzene rings is 2. The van der Waals surface area contributed by atoms with Crippen molar-refractivity contribution in [2.24, 2.45) is 10.2 Å². The van der Waals surface area contributed by atoms with Gasteiger partial charge in [-0.3, -0.25) is 0 Å². The summed E-state index contributed by atoms with van der Waals surface area (Å²) < 4.78 is 0. The van der Waals surface area contributed by atoms with Crippen LogP contribution in [-0.2, 0) is 0 Å². The van der Waals surface area contributed by atoms with Gasteiger partial charge in [-0.25, -0.2) is 9.97 Å². The van der Waals surface area contributed by atoms with Crippen molar-refractivity contribution in [3.05, 3.63) is 81.5 Å². The lowest BCUT2D eigenvalue weighted by Gasteiger charge is -2.12. The molecule has 0 spiro atoms. The average Bonchev–Trinajstić information content (AvgIpc) is 2.63. The van der Waals surface area contributed by atoms with Gasteiger partial charge in [-0.2, -0.15) is 0 Å². The number of aromatic nitrogens is 2. The zero-order chi connectivity index (χ0) is 16.8. The van der Waals surface area contributed by atoms with Crippen LogP contribution in [-0.4, -0.2) is 9.97 Å². The minimum atomic E-state index is -0.0987. The summed E-state index contributed by atoms with van der Waals surface area (Å²) in [5.41, 5.74) is 20.2. The first-order chi connectivity index (χ1) is 11.8. The maximum Gasteiger partial charge on any atom is 0.217 e. The fourth-order valence-corrected chi connectivity index (χ4v) is 2.31. The molecule has 0 saturated heterocycles. The maximum atomic E-state index is 8.87. The molecule has 1 aromatic heterocycles. The molecular formula is C16H10N8. The SMILES string of the molecule is [N-]=[N+]=Nc1nc(N=[N+]=[N-])c(-c2ccccc2)c(-c2ccccc2)n1. The molecule has 1 heterocycles. The van der Waals surface area contributed by atoms with Crippen LogP contribution < -0.4 is 0 Å². The Morgan fingerprint density at radius 3 is 1.88 bits per heavy atom. The second-order valence-electron chi connectivity index (χ2n) is 4.68. The van der Waals surface area contributed by atoms with Gasteiger partial charge in [-0.05, 0) is 26.9 Å². The number of hydrogen-bond acceptors (Lipinski definition) is 4. The van der Waals surface area contributed by atoms with E-state index in [0.717, 1.165) is 11.1 Å². The van der Waals surface area contributed by atoms with E-state index in [1.165, 1.54) is 0 Å². The molecule has 0 aliphatic heterocycles. The summed E-state index contributed by atoms with van der Waals surface area (Å²) in [4.78, 5) is 13.9.